The molecule has 1 saturated carbocycles. The van der Waals surface area contributed by atoms with Crippen molar-refractivity contribution in [3.63, 3.8) is 0 Å². The lowest BCUT2D eigenvalue weighted by atomic mass is 10.1. The quantitative estimate of drug-likeness (QED) is 0.478. The molecule has 5 rings (SSSR count). The van der Waals surface area contributed by atoms with Gasteiger partial charge in [-0.05, 0) is 37.5 Å². The Kier molecular flexibility index (Phi) is 5.32. The summed E-state index contributed by atoms with van der Waals surface area (Å²) in [6, 6.07) is 6.50. The second kappa shape index (κ2) is 7.98. The van der Waals surface area contributed by atoms with Crippen LogP contribution in [0.1, 0.15) is 36.8 Å². The van der Waals surface area contributed by atoms with E-state index in [0.29, 0.717) is 35.0 Å². The van der Waals surface area contributed by atoms with Crippen LogP contribution in [0.2, 0.25) is 0 Å². The van der Waals surface area contributed by atoms with E-state index in [1.54, 1.807) is 25.1 Å². The van der Waals surface area contributed by atoms with Gasteiger partial charge < -0.3 is 20.4 Å². The summed E-state index contributed by atoms with van der Waals surface area (Å²) in [5.74, 6) is -4.62. The van der Waals surface area contributed by atoms with E-state index in [2.05, 4.69) is 25.6 Å². The molecule has 9 nitrogen and oxygen atoms in total. The second-order valence-corrected chi connectivity index (χ2v) is 10.7. The smallest absolute Gasteiger partial charge is 0.260 e. The summed E-state index contributed by atoms with van der Waals surface area (Å²) in [7, 11) is -3.61. The first kappa shape index (κ1) is 22.7. The average Bonchev–Trinajstić information content (AvgIpc) is 3.12. The van der Waals surface area contributed by atoms with Gasteiger partial charge in [-0.25, -0.2) is 27.2 Å². The van der Waals surface area contributed by atoms with E-state index in [1.807, 2.05) is 0 Å². The van der Waals surface area contributed by atoms with Crippen LogP contribution in [-0.4, -0.2) is 48.1 Å². The number of anilines is 3. The number of hydrogen-bond donors (Lipinski definition) is 3. The first-order valence-electron chi connectivity index (χ1n) is 10.8. The first-order valence-corrected chi connectivity index (χ1v) is 12.7. The molecule has 2 fully saturated rings. The second-order valence-electron chi connectivity index (χ2n) is 8.74. The van der Waals surface area contributed by atoms with Crippen molar-refractivity contribution in [2.75, 3.05) is 23.5 Å². The number of imidazole rings is 1. The molecule has 3 N–H and O–H groups in total. The zero-order chi connectivity index (χ0) is 24.3. The molecule has 2 aromatic heterocycles. The third-order valence-electron chi connectivity index (χ3n) is 5.94. The molecule has 2 aliphatic rings. The number of benzene rings is 1. The summed E-state index contributed by atoms with van der Waals surface area (Å²) in [6.07, 6.45) is 2.20. The highest BCUT2D eigenvalue weighted by Gasteiger charge is 2.61. The normalized spacial score (nSPS) is 21.5. The van der Waals surface area contributed by atoms with Gasteiger partial charge in [-0.2, -0.15) is 0 Å². The molecule has 180 valence electrons. The molecule has 1 aliphatic heterocycles. The van der Waals surface area contributed by atoms with Crippen molar-refractivity contribution < 1.29 is 26.7 Å². The van der Waals surface area contributed by atoms with Crippen LogP contribution in [0.25, 0.3) is 11.2 Å². The summed E-state index contributed by atoms with van der Waals surface area (Å²) < 4.78 is 57.5. The summed E-state index contributed by atoms with van der Waals surface area (Å²) in [5, 5.41) is 5.51. The number of amides is 1. The molecule has 1 saturated heterocycles. The predicted octanol–water partition coefficient (Wildman–Crippen LogP) is 3.86. The molecule has 1 aromatic carbocycles. The number of halogens is 2. The number of H-pyrrole nitrogens is 1. The number of pyridine rings is 1. The van der Waals surface area contributed by atoms with Crippen LogP contribution in [0.3, 0.4) is 0 Å². The number of fused-ring (bicyclic) bond motifs is 1. The molecule has 0 radical (unpaired) electrons. The number of alkyl halides is 2. The maximum atomic E-state index is 13.3. The largest absolute Gasteiger partial charge is 0.374 e. The number of sulfone groups is 1. The lowest BCUT2D eigenvalue weighted by Crippen LogP contribution is -2.18. The lowest BCUT2D eigenvalue weighted by Gasteiger charge is -2.16. The lowest BCUT2D eigenvalue weighted by molar-refractivity contribution is -0.119. The standard InChI is InChI=1S/C22H23F2N5O4S/c1-11-25-19-15(9-18(28-20(19)26-11)29-21(30)13-10-22(13,23)24)27-14-6-5-12(16-4-3-7-33-16)8-17(14)34(2,31)32/h5-6,8-9,13,16H,3-4,7,10H2,1-2H3,(H3,25,26,27,28,29,30)/t13?,16-/m1/s1. The molecular formula is C22H23F2N5O4S. The molecule has 2 atom stereocenters. The highest BCUT2D eigenvalue weighted by atomic mass is 32.2. The highest BCUT2D eigenvalue weighted by Crippen LogP contribution is 2.49. The van der Waals surface area contributed by atoms with Crippen LogP contribution in [0.5, 0.6) is 0 Å². The van der Waals surface area contributed by atoms with Gasteiger partial charge in [0.15, 0.2) is 15.5 Å². The van der Waals surface area contributed by atoms with Crippen LogP contribution < -0.4 is 10.6 Å². The maximum absolute atomic E-state index is 13.3. The summed E-state index contributed by atoms with van der Waals surface area (Å²) in [4.78, 5) is 23.9. The van der Waals surface area contributed by atoms with Gasteiger partial charge in [0.25, 0.3) is 5.92 Å². The van der Waals surface area contributed by atoms with E-state index in [9.17, 15) is 22.0 Å². The number of nitrogens with zero attached hydrogens (tertiary/aromatic N) is 2. The van der Waals surface area contributed by atoms with Crippen molar-refractivity contribution in [2.24, 2.45) is 5.92 Å². The van der Waals surface area contributed by atoms with Gasteiger partial charge in [0.05, 0.1) is 22.4 Å². The van der Waals surface area contributed by atoms with Crippen molar-refractivity contribution >= 4 is 44.1 Å². The van der Waals surface area contributed by atoms with E-state index in [-0.39, 0.29) is 16.8 Å². The number of hydrogen-bond acceptors (Lipinski definition) is 7. The number of carbonyl (C=O) groups excluding carboxylic acids is 1. The Morgan fingerprint density at radius 2 is 2.00 bits per heavy atom. The minimum absolute atomic E-state index is 0.0447. The van der Waals surface area contributed by atoms with E-state index >= 15 is 0 Å². The van der Waals surface area contributed by atoms with Crippen LogP contribution in [-0.2, 0) is 19.4 Å². The maximum Gasteiger partial charge on any atom is 0.260 e. The SMILES string of the molecule is Cc1nc2c(Nc3ccc([C@H]4CCCO4)cc3S(C)(=O)=O)cc(NC(=O)C3CC3(F)F)nc2[nH]1. The van der Waals surface area contributed by atoms with Gasteiger partial charge in [0.2, 0.25) is 5.91 Å². The summed E-state index contributed by atoms with van der Waals surface area (Å²) in [5.41, 5.74) is 2.18. The average molecular weight is 492 g/mol. The van der Waals surface area contributed by atoms with E-state index in [0.717, 1.165) is 24.7 Å². The van der Waals surface area contributed by atoms with Gasteiger partial charge in [-0.1, -0.05) is 6.07 Å². The Balaban J connectivity index is 1.52. The molecule has 34 heavy (non-hydrogen) atoms. The number of nitrogens with one attached hydrogen (secondary N) is 3. The van der Waals surface area contributed by atoms with E-state index < -0.39 is 34.0 Å². The molecule has 1 unspecified atom stereocenters. The highest BCUT2D eigenvalue weighted by molar-refractivity contribution is 7.90. The topological polar surface area (TPSA) is 126 Å². The Morgan fingerprint density at radius 1 is 1.24 bits per heavy atom. The van der Waals surface area contributed by atoms with Gasteiger partial charge in [0.1, 0.15) is 23.1 Å². The van der Waals surface area contributed by atoms with Crippen molar-refractivity contribution in [3.8, 4) is 0 Å². The van der Waals surface area contributed by atoms with Crippen LogP contribution >= 0.6 is 0 Å². The molecule has 3 aromatic rings. The molecule has 1 aliphatic carbocycles. The fourth-order valence-electron chi connectivity index (χ4n) is 4.11. The van der Waals surface area contributed by atoms with E-state index in [1.165, 1.54) is 6.07 Å². The Labute approximate surface area is 194 Å². The van der Waals surface area contributed by atoms with Crippen LogP contribution in [0, 0.1) is 12.8 Å². The third kappa shape index (κ3) is 4.34. The van der Waals surface area contributed by atoms with Gasteiger partial charge in [-0.15, -0.1) is 0 Å². The summed E-state index contributed by atoms with van der Waals surface area (Å²) >= 11 is 0. The van der Waals surface area contributed by atoms with Crippen molar-refractivity contribution in [2.45, 2.75) is 43.1 Å². The van der Waals surface area contributed by atoms with Gasteiger partial charge >= 0.3 is 0 Å². The zero-order valence-corrected chi connectivity index (χ0v) is 19.3. The molecule has 3 heterocycles. The number of aromatic amines is 1. The number of ether oxygens (including phenoxy) is 1. The van der Waals surface area contributed by atoms with Gasteiger partial charge in [0, 0.05) is 25.3 Å². The number of aromatic nitrogens is 3. The Morgan fingerprint density at radius 3 is 2.65 bits per heavy atom. The molecular weight excluding hydrogens is 468 g/mol. The third-order valence-corrected chi connectivity index (χ3v) is 7.08. The zero-order valence-electron chi connectivity index (χ0n) is 18.5. The molecule has 12 heteroatoms. The number of rotatable bonds is 6. The minimum atomic E-state index is -3.61. The monoisotopic (exact) mass is 491 g/mol. The fraction of sp³-hybridized carbons (Fsp3) is 0.409. The Bertz CT molecular complexity index is 1400. The fourth-order valence-corrected chi connectivity index (χ4v) is 4.98. The number of aryl methyl sites for hydroxylation is 1. The van der Waals surface area contributed by atoms with Crippen LogP contribution in [0.4, 0.5) is 26.0 Å². The Hall–Kier alpha value is -3.12. The molecule has 0 bridgehead atoms. The predicted molar refractivity (Wildman–Crippen MR) is 121 cm³/mol. The van der Waals surface area contributed by atoms with E-state index in [4.69, 9.17) is 4.74 Å². The molecule has 0 spiro atoms. The first-order chi connectivity index (χ1) is 16.0. The minimum Gasteiger partial charge on any atom is -0.374 e. The number of carbonyl (C=O) groups is 1. The van der Waals surface area contributed by atoms with Crippen LogP contribution in [0.15, 0.2) is 29.2 Å². The van der Waals surface area contributed by atoms with Crippen molar-refractivity contribution in [1.29, 1.82) is 0 Å². The van der Waals surface area contributed by atoms with Crippen molar-refractivity contribution in [1.82, 2.24) is 15.0 Å². The van der Waals surface area contributed by atoms with Crippen molar-refractivity contribution in [3.05, 3.63) is 35.7 Å². The summed E-state index contributed by atoms with van der Waals surface area (Å²) in [6.45, 7) is 2.35. The van der Waals surface area contributed by atoms with Gasteiger partial charge in [-0.3, -0.25) is 4.79 Å². The molecule has 1 amide bonds.